The van der Waals surface area contributed by atoms with Gasteiger partial charge in [-0.2, -0.15) is 0 Å². The maximum Gasteiger partial charge on any atom is 0.158 e. The van der Waals surface area contributed by atoms with Crippen molar-refractivity contribution in [3.8, 4) is 34.1 Å². The van der Waals surface area contributed by atoms with Crippen LogP contribution in [-0.4, -0.2) is 20.4 Å². The molecule has 0 aliphatic heterocycles. The Labute approximate surface area is 91.7 Å². The van der Waals surface area contributed by atoms with Crippen LogP contribution in [-0.2, 0) is 0 Å². The summed E-state index contributed by atoms with van der Waals surface area (Å²) in [7, 11) is 0. The summed E-state index contributed by atoms with van der Waals surface area (Å²) in [6.45, 7) is 0. The quantitative estimate of drug-likeness (QED) is 0.553. The average molecular weight is 218 g/mol. The van der Waals surface area contributed by atoms with E-state index in [0.717, 1.165) is 0 Å². The van der Waals surface area contributed by atoms with Crippen LogP contribution >= 0.6 is 0 Å². The molecule has 0 unspecified atom stereocenters. The summed E-state index contributed by atoms with van der Waals surface area (Å²) in [5.74, 6) is -0.742. The van der Waals surface area contributed by atoms with Crippen molar-refractivity contribution in [1.29, 1.82) is 0 Å². The zero-order valence-electron chi connectivity index (χ0n) is 8.25. The third-order valence-electron chi connectivity index (χ3n) is 2.28. The Hall–Kier alpha value is -2.36. The van der Waals surface area contributed by atoms with E-state index in [-0.39, 0.29) is 28.6 Å². The molecule has 16 heavy (non-hydrogen) atoms. The molecule has 4 heteroatoms. The van der Waals surface area contributed by atoms with E-state index in [4.69, 9.17) is 5.11 Å². The van der Waals surface area contributed by atoms with Gasteiger partial charge in [-0.15, -0.1) is 0 Å². The summed E-state index contributed by atoms with van der Waals surface area (Å²) in [6.07, 6.45) is 0. The third kappa shape index (κ3) is 1.61. The third-order valence-corrected chi connectivity index (χ3v) is 2.28. The first-order valence-electron chi connectivity index (χ1n) is 4.63. The van der Waals surface area contributed by atoms with Crippen molar-refractivity contribution in [2.24, 2.45) is 0 Å². The minimum atomic E-state index is -0.305. The lowest BCUT2D eigenvalue weighted by Crippen LogP contribution is -1.80. The summed E-state index contributed by atoms with van der Waals surface area (Å²) < 4.78 is 0. The van der Waals surface area contributed by atoms with Crippen LogP contribution in [0.15, 0.2) is 36.4 Å². The van der Waals surface area contributed by atoms with E-state index in [1.165, 1.54) is 36.4 Å². The van der Waals surface area contributed by atoms with Crippen LogP contribution in [0.25, 0.3) is 11.1 Å². The number of phenols is 4. The lowest BCUT2D eigenvalue weighted by Gasteiger charge is -2.08. The predicted octanol–water partition coefficient (Wildman–Crippen LogP) is 2.18. The fourth-order valence-corrected chi connectivity index (χ4v) is 1.50. The highest BCUT2D eigenvalue weighted by atomic mass is 16.3. The molecule has 0 radical (unpaired) electrons. The van der Waals surface area contributed by atoms with E-state index >= 15 is 0 Å². The number of benzene rings is 2. The minimum Gasteiger partial charge on any atom is -0.507 e. The van der Waals surface area contributed by atoms with Crippen molar-refractivity contribution in [2.75, 3.05) is 0 Å². The summed E-state index contributed by atoms with van der Waals surface area (Å²) in [5, 5.41) is 37.7. The van der Waals surface area contributed by atoms with E-state index in [0.29, 0.717) is 5.56 Å². The van der Waals surface area contributed by atoms with Crippen molar-refractivity contribution >= 4 is 0 Å². The smallest absolute Gasteiger partial charge is 0.158 e. The average Bonchev–Trinajstić information content (AvgIpc) is 2.23. The summed E-state index contributed by atoms with van der Waals surface area (Å²) in [6, 6.07) is 8.41. The predicted molar refractivity (Wildman–Crippen MR) is 58.5 cm³/mol. The van der Waals surface area contributed by atoms with Crippen LogP contribution in [0.5, 0.6) is 23.0 Å². The Kier molecular flexibility index (Phi) is 2.32. The highest BCUT2D eigenvalue weighted by Gasteiger charge is 2.11. The molecule has 0 aliphatic rings. The van der Waals surface area contributed by atoms with Crippen molar-refractivity contribution in [3.05, 3.63) is 36.4 Å². The fraction of sp³-hybridized carbons (Fsp3) is 0. The van der Waals surface area contributed by atoms with E-state index in [1.807, 2.05) is 0 Å². The zero-order chi connectivity index (χ0) is 11.7. The largest absolute Gasteiger partial charge is 0.507 e. The lowest BCUT2D eigenvalue weighted by atomic mass is 10.0. The molecular weight excluding hydrogens is 208 g/mol. The monoisotopic (exact) mass is 218 g/mol. The molecule has 2 rings (SSSR count). The normalized spacial score (nSPS) is 10.2. The second-order valence-electron chi connectivity index (χ2n) is 3.37. The molecule has 0 saturated heterocycles. The highest BCUT2D eigenvalue weighted by Crippen LogP contribution is 2.39. The van der Waals surface area contributed by atoms with E-state index in [2.05, 4.69) is 0 Å². The number of phenolic OH excluding ortho intramolecular Hbond substituents is 4. The SMILES string of the molecule is Oc1ccc(-c2c(O)cccc2O)cc1O. The van der Waals surface area contributed by atoms with Gasteiger partial charge in [-0.05, 0) is 29.8 Å². The number of aromatic hydroxyl groups is 4. The molecule has 0 heterocycles. The van der Waals surface area contributed by atoms with Gasteiger partial charge in [-0.3, -0.25) is 0 Å². The molecular formula is C12H10O4. The second kappa shape index (κ2) is 3.66. The van der Waals surface area contributed by atoms with Crippen LogP contribution in [0.3, 0.4) is 0 Å². The molecule has 0 amide bonds. The molecule has 82 valence electrons. The standard InChI is InChI=1S/C12H10O4/c13-8-5-4-7(6-11(8)16)12-9(14)2-1-3-10(12)15/h1-6,13-16H. The molecule has 0 aromatic heterocycles. The summed E-state index contributed by atoms with van der Waals surface area (Å²) >= 11 is 0. The molecule has 4 nitrogen and oxygen atoms in total. The lowest BCUT2D eigenvalue weighted by molar-refractivity contribution is 0.404. The Balaban J connectivity index is 2.63. The Bertz CT molecular complexity index is 514. The van der Waals surface area contributed by atoms with Crippen molar-refractivity contribution in [2.45, 2.75) is 0 Å². The van der Waals surface area contributed by atoms with E-state index in [9.17, 15) is 15.3 Å². The number of rotatable bonds is 1. The van der Waals surface area contributed by atoms with Crippen LogP contribution in [0, 0.1) is 0 Å². The van der Waals surface area contributed by atoms with Crippen LogP contribution in [0.1, 0.15) is 0 Å². The highest BCUT2D eigenvalue weighted by molar-refractivity contribution is 5.77. The van der Waals surface area contributed by atoms with Crippen LogP contribution < -0.4 is 0 Å². The molecule has 2 aromatic carbocycles. The van der Waals surface area contributed by atoms with Gasteiger partial charge >= 0.3 is 0 Å². The summed E-state index contributed by atoms with van der Waals surface area (Å²) in [4.78, 5) is 0. The second-order valence-corrected chi connectivity index (χ2v) is 3.37. The van der Waals surface area contributed by atoms with Gasteiger partial charge in [0.1, 0.15) is 11.5 Å². The molecule has 0 fully saturated rings. The van der Waals surface area contributed by atoms with Gasteiger partial charge < -0.3 is 20.4 Å². The maximum atomic E-state index is 9.60. The molecule has 0 aliphatic carbocycles. The van der Waals surface area contributed by atoms with E-state index < -0.39 is 0 Å². The van der Waals surface area contributed by atoms with Crippen molar-refractivity contribution in [3.63, 3.8) is 0 Å². The minimum absolute atomic E-state index is 0.0925. The Morgan fingerprint density at radius 3 is 1.81 bits per heavy atom. The first-order chi connectivity index (χ1) is 7.59. The van der Waals surface area contributed by atoms with Gasteiger partial charge in [0.2, 0.25) is 0 Å². The van der Waals surface area contributed by atoms with Gasteiger partial charge in [-0.1, -0.05) is 12.1 Å². The van der Waals surface area contributed by atoms with Crippen molar-refractivity contribution < 1.29 is 20.4 Å². The van der Waals surface area contributed by atoms with Crippen molar-refractivity contribution in [1.82, 2.24) is 0 Å². The van der Waals surface area contributed by atoms with Gasteiger partial charge in [0.15, 0.2) is 11.5 Å². The zero-order valence-corrected chi connectivity index (χ0v) is 8.25. The molecule has 0 spiro atoms. The molecule has 2 aromatic rings. The van der Waals surface area contributed by atoms with Gasteiger partial charge in [0, 0.05) is 0 Å². The Morgan fingerprint density at radius 2 is 1.25 bits per heavy atom. The molecule has 0 atom stereocenters. The summed E-state index contributed by atoms with van der Waals surface area (Å²) in [5.41, 5.74) is 0.642. The molecule has 4 N–H and O–H groups in total. The Morgan fingerprint density at radius 1 is 0.625 bits per heavy atom. The van der Waals surface area contributed by atoms with Crippen LogP contribution in [0.2, 0.25) is 0 Å². The molecule has 0 bridgehead atoms. The fourth-order valence-electron chi connectivity index (χ4n) is 1.50. The van der Waals surface area contributed by atoms with Crippen LogP contribution in [0.4, 0.5) is 0 Å². The first-order valence-corrected chi connectivity index (χ1v) is 4.63. The van der Waals surface area contributed by atoms with E-state index in [1.54, 1.807) is 0 Å². The maximum absolute atomic E-state index is 9.60. The topological polar surface area (TPSA) is 80.9 Å². The van der Waals surface area contributed by atoms with Gasteiger partial charge in [0.25, 0.3) is 0 Å². The number of hydrogen-bond acceptors (Lipinski definition) is 4. The van der Waals surface area contributed by atoms with Gasteiger partial charge in [-0.25, -0.2) is 0 Å². The first kappa shape index (κ1) is 10.2. The molecule has 0 saturated carbocycles. The van der Waals surface area contributed by atoms with Gasteiger partial charge in [0.05, 0.1) is 5.56 Å². The number of hydrogen-bond donors (Lipinski definition) is 4.